The molecule has 144 valence electrons. The number of nitrogens with one attached hydrogen (secondary N) is 1. The molecule has 28 heavy (non-hydrogen) atoms. The number of carbonyl (C=O) groups is 1. The van der Waals surface area contributed by atoms with Gasteiger partial charge in [0.25, 0.3) is 0 Å². The van der Waals surface area contributed by atoms with E-state index in [4.69, 9.17) is 11.6 Å². The summed E-state index contributed by atoms with van der Waals surface area (Å²) in [6.07, 6.45) is 1.39. The highest BCUT2D eigenvalue weighted by atomic mass is 35.5. The monoisotopic (exact) mass is 420 g/mol. The molecule has 2 aromatic carbocycles. The Morgan fingerprint density at radius 1 is 1.25 bits per heavy atom. The molecule has 0 aliphatic carbocycles. The van der Waals surface area contributed by atoms with Gasteiger partial charge in [-0.3, -0.25) is 4.79 Å². The summed E-state index contributed by atoms with van der Waals surface area (Å²) < 4.78 is 28.1. The van der Waals surface area contributed by atoms with Crippen LogP contribution in [-0.2, 0) is 4.79 Å². The van der Waals surface area contributed by atoms with Crippen molar-refractivity contribution in [2.24, 2.45) is 5.10 Å². The zero-order chi connectivity index (χ0) is 20.1. The number of amides is 1. The Hall–Kier alpha value is -2.71. The molecule has 0 aliphatic heterocycles. The van der Waals surface area contributed by atoms with Crippen LogP contribution in [0.15, 0.2) is 58.5 Å². The van der Waals surface area contributed by atoms with Crippen LogP contribution in [0.1, 0.15) is 11.3 Å². The molecule has 0 unspecified atom stereocenters. The molecule has 1 amide bonds. The smallest absolute Gasteiger partial charge is 0.250 e. The standard InChI is InChI=1S/C19H15ClF2N4OS/c1-12-15(19(20)26(25-12)14-8-6-13(21)7-9-14)10-23-24-18(27)11-28-17-5-3-2-4-16(17)22/h2-10H,11H2,1H3,(H,24,27)/b23-10-. The molecule has 0 spiro atoms. The quantitative estimate of drug-likeness (QED) is 0.366. The number of benzene rings is 2. The molecule has 0 fully saturated rings. The van der Waals surface area contributed by atoms with E-state index in [2.05, 4.69) is 15.6 Å². The van der Waals surface area contributed by atoms with Crippen LogP contribution in [0.5, 0.6) is 0 Å². The fourth-order valence-electron chi connectivity index (χ4n) is 2.32. The average Bonchev–Trinajstić information content (AvgIpc) is 2.96. The predicted octanol–water partition coefficient (Wildman–Crippen LogP) is 4.35. The van der Waals surface area contributed by atoms with E-state index in [9.17, 15) is 13.6 Å². The molecule has 1 aromatic heterocycles. The van der Waals surface area contributed by atoms with Crippen molar-refractivity contribution >= 4 is 35.5 Å². The van der Waals surface area contributed by atoms with Crippen LogP contribution in [0.4, 0.5) is 8.78 Å². The molecule has 0 radical (unpaired) electrons. The predicted molar refractivity (Wildman–Crippen MR) is 106 cm³/mol. The van der Waals surface area contributed by atoms with Crippen LogP contribution >= 0.6 is 23.4 Å². The Morgan fingerprint density at radius 3 is 2.68 bits per heavy atom. The first-order valence-corrected chi connectivity index (χ1v) is 9.52. The summed E-state index contributed by atoms with van der Waals surface area (Å²) in [5.74, 6) is -1.11. The van der Waals surface area contributed by atoms with Gasteiger partial charge in [-0.05, 0) is 43.3 Å². The fraction of sp³-hybridized carbons (Fsp3) is 0.105. The number of hydrogen-bond acceptors (Lipinski definition) is 4. The second-order valence-electron chi connectivity index (χ2n) is 5.69. The van der Waals surface area contributed by atoms with Crippen molar-refractivity contribution in [3.63, 3.8) is 0 Å². The van der Waals surface area contributed by atoms with Crippen LogP contribution in [0.2, 0.25) is 5.15 Å². The van der Waals surface area contributed by atoms with Gasteiger partial charge in [-0.15, -0.1) is 11.8 Å². The molecule has 0 saturated carbocycles. The van der Waals surface area contributed by atoms with Gasteiger partial charge in [0.1, 0.15) is 16.8 Å². The minimum atomic E-state index is -0.385. The Morgan fingerprint density at radius 2 is 1.96 bits per heavy atom. The highest BCUT2D eigenvalue weighted by Crippen LogP contribution is 2.22. The first kappa shape index (κ1) is 20.0. The summed E-state index contributed by atoms with van der Waals surface area (Å²) in [5.41, 5.74) is 4.08. The first-order valence-electron chi connectivity index (χ1n) is 8.16. The summed E-state index contributed by atoms with van der Waals surface area (Å²) in [4.78, 5) is 12.3. The average molecular weight is 421 g/mol. The second-order valence-corrected chi connectivity index (χ2v) is 7.07. The van der Waals surface area contributed by atoms with Crippen molar-refractivity contribution < 1.29 is 13.6 Å². The third-order valence-electron chi connectivity index (χ3n) is 3.70. The maximum absolute atomic E-state index is 13.5. The topological polar surface area (TPSA) is 59.3 Å². The van der Waals surface area contributed by atoms with E-state index in [1.54, 1.807) is 37.3 Å². The summed E-state index contributed by atoms with van der Waals surface area (Å²) in [6, 6.07) is 11.9. The Kier molecular flexibility index (Phi) is 6.43. The number of nitrogens with zero attached hydrogens (tertiary/aromatic N) is 3. The van der Waals surface area contributed by atoms with Crippen molar-refractivity contribution in [1.29, 1.82) is 0 Å². The normalized spacial score (nSPS) is 11.1. The van der Waals surface area contributed by atoms with Gasteiger partial charge in [0.15, 0.2) is 0 Å². The van der Waals surface area contributed by atoms with Crippen LogP contribution in [0, 0.1) is 18.6 Å². The van der Waals surface area contributed by atoms with Gasteiger partial charge in [-0.2, -0.15) is 10.2 Å². The van der Waals surface area contributed by atoms with E-state index in [1.807, 2.05) is 0 Å². The first-order chi connectivity index (χ1) is 13.5. The number of rotatable bonds is 6. The van der Waals surface area contributed by atoms with E-state index in [0.717, 1.165) is 11.8 Å². The van der Waals surface area contributed by atoms with Crippen molar-refractivity contribution in [2.45, 2.75) is 11.8 Å². The van der Waals surface area contributed by atoms with Gasteiger partial charge in [-0.25, -0.2) is 18.9 Å². The SMILES string of the molecule is Cc1nn(-c2ccc(F)cc2)c(Cl)c1/C=N\NC(=O)CSc1ccccc1F. The molecular weight excluding hydrogens is 406 g/mol. The Balaban J connectivity index is 1.63. The maximum atomic E-state index is 13.5. The summed E-state index contributed by atoms with van der Waals surface area (Å²) >= 11 is 7.41. The van der Waals surface area contributed by atoms with Gasteiger partial charge in [0.05, 0.1) is 28.9 Å². The zero-order valence-electron chi connectivity index (χ0n) is 14.7. The van der Waals surface area contributed by atoms with Gasteiger partial charge >= 0.3 is 0 Å². The van der Waals surface area contributed by atoms with Gasteiger partial charge in [0.2, 0.25) is 5.91 Å². The second kappa shape index (κ2) is 8.99. The van der Waals surface area contributed by atoms with Crippen molar-refractivity contribution in [1.82, 2.24) is 15.2 Å². The van der Waals surface area contributed by atoms with Crippen molar-refractivity contribution in [3.8, 4) is 5.69 Å². The number of carbonyl (C=O) groups excluding carboxylic acids is 1. The van der Waals surface area contributed by atoms with Crippen molar-refractivity contribution in [2.75, 3.05) is 5.75 Å². The minimum Gasteiger partial charge on any atom is -0.272 e. The summed E-state index contributed by atoms with van der Waals surface area (Å²) in [7, 11) is 0. The molecule has 0 atom stereocenters. The molecule has 3 rings (SSSR count). The lowest BCUT2D eigenvalue weighted by atomic mass is 10.3. The maximum Gasteiger partial charge on any atom is 0.250 e. The van der Waals surface area contributed by atoms with E-state index in [-0.39, 0.29) is 28.4 Å². The molecule has 0 bridgehead atoms. The highest BCUT2D eigenvalue weighted by Gasteiger charge is 2.13. The number of hydrogen-bond donors (Lipinski definition) is 1. The minimum absolute atomic E-state index is 0.0137. The van der Waals surface area contributed by atoms with Crippen LogP contribution in [-0.4, -0.2) is 27.7 Å². The molecule has 1 N–H and O–H groups in total. The lowest BCUT2D eigenvalue weighted by Gasteiger charge is -2.03. The summed E-state index contributed by atoms with van der Waals surface area (Å²) in [5, 5.41) is 8.48. The fourth-order valence-corrected chi connectivity index (χ4v) is 3.37. The van der Waals surface area contributed by atoms with Crippen molar-refractivity contribution in [3.05, 3.63) is 76.6 Å². The van der Waals surface area contributed by atoms with E-state index in [1.165, 1.54) is 29.1 Å². The zero-order valence-corrected chi connectivity index (χ0v) is 16.3. The van der Waals surface area contributed by atoms with Crippen LogP contribution in [0.3, 0.4) is 0 Å². The molecule has 5 nitrogen and oxygen atoms in total. The number of aryl methyl sites for hydroxylation is 1. The Bertz CT molecular complexity index is 1020. The molecule has 0 aliphatic rings. The lowest BCUT2D eigenvalue weighted by molar-refractivity contribution is -0.118. The molecular formula is C19H15ClF2N4OS. The van der Waals surface area contributed by atoms with E-state index < -0.39 is 0 Å². The third kappa shape index (κ3) is 4.76. The molecule has 0 saturated heterocycles. The Labute approximate surface area is 169 Å². The van der Waals surface area contributed by atoms with Crippen LogP contribution < -0.4 is 5.43 Å². The lowest BCUT2D eigenvalue weighted by Crippen LogP contribution is -2.19. The van der Waals surface area contributed by atoms with E-state index >= 15 is 0 Å². The highest BCUT2D eigenvalue weighted by molar-refractivity contribution is 8.00. The summed E-state index contributed by atoms with van der Waals surface area (Å²) in [6.45, 7) is 1.74. The van der Waals surface area contributed by atoms with Gasteiger partial charge in [0, 0.05) is 4.90 Å². The third-order valence-corrected chi connectivity index (χ3v) is 5.11. The molecule has 3 aromatic rings. The number of halogens is 3. The van der Waals surface area contributed by atoms with E-state index in [0.29, 0.717) is 21.8 Å². The number of hydrazone groups is 1. The van der Waals surface area contributed by atoms with Gasteiger partial charge < -0.3 is 0 Å². The molecule has 1 heterocycles. The number of thioether (sulfide) groups is 1. The number of aromatic nitrogens is 2. The largest absolute Gasteiger partial charge is 0.272 e. The van der Waals surface area contributed by atoms with Crippen LogP contribution in [0.25, 0.3) is 5.69 Å². The molecule has 9 heteroatoms. The van der Waals surface area contributed by atoms with Gasteiger partial charge in [-0.1, -0.05) is 23.7 Å².